The van der Waals surface area contributed by atoms with Crippen LogP contribution >= 0.6 is 0 Å². The molecule has 144 valence electrons. The van der Waals surface area contributed by atoms with E-state index < -0.39 is 29.3 Å². The van der Waals surface area contributed by atoms with Gasteiger partial charge in [-0.1, -0.05) is 0 Å². The standard InChI is InChI=1S/C14H21N5O6S/c15-4-3-9-5-10(16-6-9)8-24-17-13(20)12-2-1-11-7-18(12)14(21)19(11)25-26(22)23/h9-12,16H,1-3,5-8H2,(H,17,20)(H,22,23)/p-1/t9-,10+,11?,12?/m0/s1. The highest BCUT2D eigenvalue weighted by molar-refractivity contribution is 7.74. The molecule has 3 heterocycles. The van der Waals surface area contributed by atoms with Gasteiger partial charge in [0.05, 0.1) is 18.7 Å². The van der Waals surface area contributed by atoms with Gasteiger partial charge in [0.1, 0.15) is 17.4 Å². The second-order valence-electron chi connectivity index (χ2n) is 6.63. The molecule has 3 aliphatic heterocycles. The van der Waals surface area contributed by atoms with Gasteiger partial charge in [0.2, 0.25) is 0 Å². The van der Waals surface area contributed by atoms with Gasteiger partial charge in [-0.2, -0.15) is 14.6 Å². The quantitative estimate of drug-likeness (QED) is 0.415. The summed E-state index contributed by atoms with van der Waals surface area (Å²) in [5, 5.41) is 12.7. The van der Waals surface area contributed by atoms with E-state index in [-0.39, 0.29) is 25.2 Å². The Morgan fingerprint density at radius 1 is 1.50 bits per heavy atom. The molecule has 0 aliphatic carbocycles. The summed E-state index contributed by atoms with van der Waals surface area (Å²) in [6, 6.07) is 0.450. The molecule has 3 aliphatic rings. The molecule has 3 fully saturated rings. The summed E-state index contributed by atoms with van der Waals surface area (Å²) < 4.78 is 25.9. The van der Waals surface area contributed by atoms with E-state index in [2.05, 4.69) is 21.1 Å². The number of nitrogens with zero attached hydrogens (tertiary/aromatic N) is 3. The molecule has 0 radical (unpaired) electrons. The van der Waals surface area contributed by atoms with Gasteiger partial charge in [0.15, 0.2) is 0 Å². The van der Waals surface area contributed by atoms with E-state index in [0.29, 0.717) is 25.2 Å². The molecule has 2 N–H and O–H groups in total. The maximum absolute atomic E-state index is 12.3. The molecule has 3 rings (SSSR count). The molecule has 5 atom stereocenters. The van der Waals surface area contributed by atoms with Crippen LogP contribution in [-0.2, 0) is 25.3 Å². The first-order valence-electron chi connectivity index (χ1n) is 8.39. The average molecular weight is 386 g/mol. The molecule has 11 nitrogen and oxygen atoms in total. The van der Waals surface area contributed by atoms with Gasteiger partial charge in [-0.3, -0.25) is 9.63 Å². The molecule has 3 saturated heterocycles. The number of urea groups is 1. The van der Waals surface area contributed by atoms with E-state index in [0.717, 1.165) is 18.0 Å². The van der Waals surface area contributed by atoms with E-state index in [1.54, 1.807) is 0 Å². The van der Waals surface area contributed by atoms with Gasteiger partial charge in [-0.05, 0) is 31.7 Å². The summed E-state index contributed by atoms with van der Waals surface area (Å²) in [5.41, 5.74) is 2.37. The lowest BCUT2D eigenvalue weighted by Crippen LogP contribution is -2.50. The molecule has 12 heteroatoms. The number of rotatable bonds is 7. The van der Waals surface area contributed by atoms with E-state index in [1.807, 2.05) is 0 Å². The summed E-state index contributed by atoms with van der Waals surface area (Å²) in [6.45, 7) is 1.24. The van der Waals surface area contributed by atoms with Crippen LogP contribution in [0.25, 0.3) is 0 Å². The lowest BCUT2D eigenvalue weighted by Gasteiger charge is -2.29. The second kappa shape index (κ2) is 8.28. The minimum Gasteiger partial charge on any atom is -0.748 e. The van der Waals surface area contributed by atoms with Crippen LogP contribution in [0, 0.1) is 17.2 Å². The Bertz CT molecular complexity index is 627. The highest BCUT2D eigenvalue weighted by Gasteiger charge is 2.48. The fourth-order valence-electron chi connectivity index (χ4n) is 3.66. The third kappa shape index (κ3) is 4.13. The molecule has 0 aromatic carbocycles. The maximum Gasteiger partial charge on any atom is 0.346 e. The minimum absolute atomic E-state index is 0.0636. The van der Waals surface area contributed by atoms with Crippen molar-refractivity contribution >= 4 is 23.3 Å². The summed E-state index contributed by atoms with van der Waals surface area (Å²) in [6.07, 6.45) is 2.14. The Labute approximate surface area is 153 Å². The summed E-state index contributed by atoms with van der Waals surface area (Å²) >= 11 is -2.84. The number of nitrogens with one attached hydrogen (secondary N) is 2. The first-order chi connectivity index (χ1) is 12.5. The number of carbonyl (C=O) groups excluding carboxylic acids is 2. The number of fused-ring (bicyclic) bond motifs is 2. The maximum atomic E-state index is 12.3. The molecule has 3 unspecified atom stereocenters. The number of hydrogen-bond acceptors (Lipinski definition) is 8. The van der Waals surface area contributed by atoms with Crippen LogP contribution in [0.1, 0.15) is 25.7 Å². The Morgan fingerprint density at radius 2 is 2.31 bits per heavy atom. The van der Waals surface area contributed by atoms with Crippen molar-refractivity contribution in [1.82, 2.24) is 20.8 Å². The van der Waals surface area contributed by atoms with Crippen LogP contribution in [0.3, 0.4) is 0 Å². The van der Waals surface area contributed by atoms with Crippen LogP contribution in [0.2, 0.25) is 0 Å². The van der Waals surface area contributed by atoms with E-state index in [1.165, 1.54) is 4.90 Å². The average Bonchev–Trinajstić information content (AvgIpc) is 3.14. The predicted molar refractivity (Wildman–Crippen MR) is 85.0 cm³/mol. The molecule has 0 aromatic heterocycles. The van der Waals surface area contributed by atoms with Crippen LogP contribution in [-0.4, -0.2) is 68.5 Å². The number of hydrogen-bond donors (Lipinski definition) is 2. The van der Waals surface area contributed by atoms with Gasteiger partial charge in [0, 0.05) is 19.0 Å². The largest absolute Gasteiger partial charge is 0.748 e. The van der Waals surface area contributed by atoms with Crippen molar-refractivity contribution in [3.05, 3.63) is 0 Å². The van der Waals surface area contributed by atoms with Crippen LogP contribution < -0.4 is 10.8 Å². The van der Waals surface area contributed by atoms with Crippen molar-refractivity contribution in [2.45, 2.75) is 43.8 Å². The van der Waals surface area contributed by atoms with Crippen molar-refractivity contribution in [3.63, 3.8) is 0 Å². The lowest BCUT2D eigenvalue weighted by atomic mass is 10.0. The van der Waals surface area contributed by atoms with Crippen LogP contribution in [0.4, 0.5) is 4.79 Å². The van der Waals surface area contributed by atoms with Crippen LogP contribution in [0.15, 0.2) is 0 Å². The molecule has 2 bridgehead atoms. The Balaban J connectivity index is 1.45. The van der Waals surface area contributed by atoms with Crippen molar-refractivity contribution in [2.24, 2.45) is 5.92 Å². The van der Waals surface area contributed by atoms with E-state index in [9.17, 15) is 18.4 Å². The summed E-state index contributed by atoms with van der Waals surface area (Å²) in [4.78, 5) is 31.1. The smallest absolute Gasteiger partial charge is 0.346 e. The van der Waals surface area contributed by atoms with Crippen molar-refractivity contribution in [1.29, 1.82) is 5.26 Å². The van der Waals surface area contributed by atoms with Crippen molar-refractivity contribution < 1.29 is 27.5 Å². The zero-order valence-corrected chi connectivity index (χ0v) is 14.8. The number of nitriles is 1. The Kier molecular flexibility index (Phi) is 6.05. The highest BCUT2D eigenvalue weighted by Crippen LogP contribution is 2.30. The SMILES string of the molecule is N#CC[C@@H]1CN[C@@H](CONC(=O)C2CCC3CN2C(=O)N3OS(=O)[O-])C1. The molecule has 3 amide bonds. The molecular formula is C14H20N5O6S-. The third-order valence-corrected chi connectivity index (χ3v) is 5.20. The number of piperidine rings is 1. The second-order valence-corrected chi connectivity index (χ2v) is 7.19. The Morgan fingerprint density at radius 3 is 3.04 bits per heavy atom. The number of hydroxylamine groups is 3. The van der Waals surface area contributed by atoms with Gasteiger partial charge >= 0.3 is 6.03 Å². The monoisotopic (exact) mass is 386 g/mol. The predicted octanol–water partition coefficient (Wildman–Crippen LogP) is -1.08. The lowest BCUT2D eigenvalue weighted by molar-refractivity contribution is -0.139. The summed E-state index contributed by atoms with van der Waals surface area (Å²) in [5.74, 6) is -0.159. The van der Waals surface area contributed by atoms with Gasteiger partial charge in [-0.25, -0.2) is 14.5 Å². The molecule has 26 heavy (non-hydrogen) atoms. The fraction of sp³-hybridized carbons (Fsp3) is 0.786. The minimum atomic E-state index is -2.84. The van der Waals surface area contributed by atoms with Crippen LogP contribution in [0.5, 0.6) is 0 Å². The zero-order chi connectivity index (χ0) is 18.7. The highest BCUT2D eigenvalue weighted by atomic mass is 32.2. The van der Waals surface area contributed by atoms with Gasteiger partial charge in [-0.15, -0.1) is 0 Å². The summed E-state index contributed by atoms with van der Waals surface area (Å²) in [7, 11) is 0. The van der Waals surface area contributed by atoms with E-state index in [4.69, 9.17) is 10.1 Å². The molecular weight excluding hydrogens is 366 g/mol. The topological polar surface area (TPSA) is 147 Å². The van der Waals surface area contributed by atoms with E-state index >= 15 is 0 Å². The first-order valence-corrected chi connectivity index (χ1v) is 9.39. The number of amides is 3. The van der Waals surface area contributed by atoms with Gasteiger partial charge < -0.3 is 14.8 Å². The molecule has 0 aromatic rings. The van der Waals surface area contributed by atoms with Crippen molar-refractivity contribution in [3.8, 4) is 6.07 Å². The molecule has 0 spiro atoms. The first kappa shape index (κ1) is 19.0. The fourth-order valence-corrected chi connectivity index (χ4v) is 3.98. The number of carbonyl (C=O) groups is 2. The Hall–Kier alpha value is -1.78. The zero-order valence-electron chi connectivity index (χ0n) is 14.0. The van der Waals surface area contributed by atoms with Crippen molar-refractivity contribution in [2.75, 3.05) is 19.7 Å². The normalized spacial score (nSPS) is 31.8. The third-order valence-electron chi connectivity index (χ3n) is 4.92. The van der Waals surface area contributed by atoms with Gasteiger partial charge in [0.25, 0.3) is 5.91 Å². The molecule has 0 saturated carbocycles.